The summed E-state index contributed by atoms with van der Waals surface area (Å²) in [4.78, 5) is 22.4. The Hall–Kier alpha value is -3.29. The second-order valence-electron chi connectivity index (χ2n) is 5.09. The minimum atomic E-state index is -0.464. The highest BCUT2D eigenvalue weighted by Crippen LogP contribution is 2.17. The molecule has 0 bridgehead atoms. The summed E-state index contributed by atoms with van der Waals surface area (Å²) >= 11 is 0. The van der Waals surface area contributed by atoms with Crippen LogP contribution < -0.4 is 10.3 Å². The number of nitro groups is 1. The van der Waals surface area contributed by atoms with E-state index in [4.69, 9.17) is 4.74 Å². The Morgan fingerprint density at radius 1 is 1.12 bits per heavy atom. The van der Waals surface area contributed by atoms with Crippen molar-refractivity contribution in [1.82, 2.24) is 15.0 Å². The lowest BCUT2D eigenvalue weighted by atomic mass is 10.2. The molecule has 0 spiro atoms. The summed E-state index contributed by atoms with van der Waals surface area (Å²) in [5, 5.41) is 19.0. The summed E-state index contributed by atoms with van der Waals surface area (Å²) < 4.78 is 6.81. The van der Waals surface area contributed by atoms with Crippen LogP contribution >= 0.6 is 0 Å². The first-order valence-corrected chi connectivity index (χ1v) is 7.35. The van der Waals surface area contributed by atoms with Crippen LogP contribution in [0.3, 0.4) is 0 Å². The zero-order valence-corrected chi connectivity index (χ0v) is 12.7. The summed E-state index contributed by atoms with van der Waals surface area (Å²) in [5.41, 5.74) is 0.400. The quantitative estimate of drug-likeness (QED) is 0.391. The van der Waals surface area contributed by atoms with Crippen molar-refractivity contribution in [3.05, 3.63) is 69.0 Å². The molecule has 2 aromatic carbocycles. The van der Waals surface area contributed by atoms with Crippen LogP contribution in [-0.4, -0.2) is 26.5 Å². The number of aryl methyl sites for hydroxylation is 1. The molecule has 3 aromatic rings. The van der Waals surface area contributed by atoms with E-state index in [2.05, 4.69) is 10.3 Å². The summed E-state index contributed by atoms with van der Waals surface area (Å²) in [7, 11) is 0. The molecule has 0 unspecified atom stereocenters. The maximum Gasteiger partial charge on any atom is 0.277 e. The Balaban J connectivity index is 1.58. The van der Waals surface area contributed by atoms with Crippen LogP contribution in [0.25, 0.3) is 10.9 Å². The molecule has 1 aromatic heterocycles. The van der Waals surface area contributed by atoms with Gasteiger partial charge >= 0.3 is 0 Å². The van der Waals surface area contributed by atoms with E-state index in [1.54, 1.807) is 36.4 Å². The highest BCUT2D eigenvalue weighted by atomic mass is 16.6. The highest BCUT2D eigenvalue weighted by molar-refractivity contribution is 5.76. The summed E-state index contributed by atoms with van der Waals surface area (Å²) in [6.45, 7) is 0.738. The van der Waals surface area contributed by atoms with Crippen molar-refractivity contribution in [2.24, 2.45) is 0 Å². The van der Waals surface area contributed by atoms with E-state index >= 15 is 0 Å². The van der Waals surface area contributed by atoms with Gasteiger partial charge in [0.2, 0.25) is 0 Å². The van der Waals surface area contributed by atoms with E-state index in [0.29, 0.717) is 36.2 Å². The molecule has 0 atom stereocenters. The predicted molar refractivity (Wildman–Crippen MR) is 87.0 cm³/mol. The van der Waals surface area contributed by atoms with Crippen molar-refractivity contribution in [2.75, 3.05) is 6.61 Å². The number of aromatic nitrogens is 3. The third-order valence-electron chi connectivity index (χ3n) is 3.46. The summed E-state index contributed by atoms with van der Waals surface area (Å²) in [6, 6.07) is 12.9. The second kappa shape index (κ2) is 6.86. The zero-order valence-electron chi connectivity index (χ0n) is 12.7. The lowest BCUT2D eigenvalue weighted by molar-refractivity contribution is -0.384. The Kier molecular flexibility index (Phi) is 4.46. The first-order valence-electron chi connectivity index (χ1n) is 7.35. The van der Waals surface area contributed by atoms with Crippen LogP contribution in [0.4, 0.5) is 5.69 Å². The molecule has 0 fully saturated rings. The van der Waals surface area contributed by atoms with Gasteiger partial charge in [0.25, 0.3) is 11.2 Å². The molecule has 0 aliphatic carbocycles. The Bertz CT molecular complexity index is 921. The fourth-order valence-electron chi connectivity index (χ4n) is 2.24. The van der Waals surface area contributed by atoms with Crippen molar-refractivity contribution in [3.8, 4) is 5.75 Å². The van der Waals surface area contributed by atoms with Gasteiger partial charge in [-0.3, -0.25) is 14.9 Å². The largest absolute Gasteiger partial charge is 0.494 e. The number of benzene rings is 2. The number of hydrogen-bond acceptors (Lipinski definition) is 6. The van der Waals surface area contributed by atoms with Crippen molar-refractivity contribution >= 4 is 16.6 Å². The van der Waals surface area contributed by atoms with Crippen molar-refractivity contribution < 1.29 is 9.66 Å². The topological polar surface area (TPSA) is 100 Å². The number of nitrogens with zero attached hydrogens (tertiary/aromatic N) is 4. The zero-order chi connectivity index (χ0) is 16.9. The van der Waals surface area contributed by atoms with E-state index in [1.165, 1.54) is 16.8 Å². The smallest absolute Gasteiger partial charge is 0.277 e. The molecule has 0 saturated heterocycles. The molecule has 0 aliphatic rings. The van der Waals surface area contributed by atoms with Gasteiger partial charge in [-0.05, 0) is 24.3 Å². The highest BCUT2D eigenvalue weighted by Gasteiger charge is 2.06. The average molecular weight is 326 g/mol. The fourth-order valence-corrected chi connectivity index (χ4v) is 2.24. The van der Waals surface area contributed by atoms with Crippen LogP contribution in [0.15, 0.2) is 53.3 Å². The van der Waals surface area contributed by atoms with Gasteiger partial charge in [-0.2, -0.15) is 0 Å². The molecular weight excluding hydrogens is 312 g/mol. The number of rotatable bonds is 6. The van der Waals surface area contributed by atoms with E-state index in [1.807, 2.05) is 0 Å². The standard InChI is InChI=1S/C16H14N4O4/c21-16-14-4-1-2-5-15(14)17-18-19(16)10-3-11-24-13-8-6-12(7-9-13)20(22)23/h1-2,4-9H,3,10-11H2. The molecule has 8 heteroatoms. The predicted octanol–water partition coefficient (Wildman–Crippen LogP) is 2.17. The molecule has 0 amide bonds. The third-order valence-corrected chi connectivity index (χ3v) is 3.46. The van der Waals surface area contributed by atoms with E-state index in [-0.39, 0.29) is 11.2 Å². The number of non-ortho nitro benzene ring substituents is 1. The number of nitro benzene ring substituents is 1. The molecule has 0 radical (unpaired) electrons. The summed E-state index contributed by atoms with van der Waals surface area (Å²) in [6.07, 6.45) is 0.559. The van der Waals surface area contributed by atoms with Crippen molar-refractivity contribution in [2.45, 2.75) is 13.0 Å². The SMILES string of the molecule is O=c1c2ccccc2nnn1CCCOc1ccc([N+](=O)[O-])cc1. The Morgan fingerprint density at radius 3 is 2.62 bits per heavy atom. The van der Waals surface area contributed by atoms with Crippen molar-refractivity contribution in [1.29, 1.82) is 0 Å². The minimum Gasteiger partial charge on any atom is -0.494 e. The third kappa shape index (κ3) is 3.37. The van der Waals surface area contributed by atoms with Crippen LogP contribution in [-0.2, 0) is 6.54 Å². The van der Waals surface area contributed by atoms with Gasteiger partial charge in [0.05, 0.1) is 16.9 Å². The van der Waals surface area contributed by atoms with Crippen LogP contribution in [0.5, 0.6) is 5.75 Å². The van der Waals surface area contributed by atoms with E-state index < -0.39 is 4.92 Å². The number of ether oxygens (including phenoxy) is 1. The van der Waals surface area contributed by atoms with Gasteiger partial charge in [0, 0.05) is 25.1 Å². The van der Waals surface area contributed by atoms with Gasteiger partial charge < -0.3 is 4.74 Å². The van der Waals surface area contributed by atoms with Crippen LogP contribution in [0.1, 0.15) is 6.42 Å². The lowest BCUT2D eigenvalue weighted by Gasteiger charge is -2.07. The molecule has 0 aliphatic heterocycles. The van der Waals surface area contributed by atoms with Crippen LogP contribution in [0, 0.1) is 10.1 Å². The lowest BCUT2D eigenvalue weighted by Crippen LogP contribution is -2.25. The monoisotopic (exact) mass is 326 g/mol. The van der Waals surface area contributed by atoms with Gasteiger partial charge in [-0.1, -0.05) is 17.3 Å². The second-order valence-corrected chi connectivity index (χ2v) is 5.09. The normalized spacial score (nSPS) is 10.7. The molecule has 122 valence electrons. The number of fused-ring (bicyclic) bond motifs is 1. The first-order chi connectivity index (χ1) is 11.6. The van der Waals surface area contributed by atoms with Gasteiger partial charge in [0.1, 0.15) is 11.3 Å². The molecule has 3 rings (SSSR count). The van der Waals surface area contributed by atoms with E-state index in [9.17, 15) is 14.9 Å². The molecule has 0 N–H and O–H groups in total. The Labute approximate surface area is 136 Å². The van der Waals surface area contributed by atoms with Gasteiger partial charge in [0.15, 0.2) is 0 Å². The summed E-state index contributed by atoms with van der Waals surface area (Å²) in [5.74, 6) is 0.539. The molecule has 8 nitrogen and oxygen atoms in total. The molecule has 0 saturated carbocycles. The van der Waals surface area contributed by atoms with Gasteiger partial charge in [-0.15, -0.1) is 5.10 Å². The minimum absolute atomic E-state index is 0.0142. The fraction of sp³-hybridized carbons (Fsp3) is 0.188. The molecule has 24 heavy (non-hydrogen) atoms. The van der Waals surface area contributed by atoms with E-state index in [0.717, 1.165) is 0 Å². The molecular formula is C16H14N4O4. The van der Waals surface area contributed by atoms with Crippen LogP contribution in [0.2, 0.25) is 0 Å². The average Bonchev–Trinajstić information content (AvgIpc) is 2.61. The maximum atomic E-state index is 12.2. The first kappa shape index (κ1) is 15.6. The van der Waals surface area contributed by atoms with Gasteiger partial charge in [-0.25, -0.2) is 4.68 Å². The van der Waals surface area contributed by atoms with Crippen molar-refractivity contribution in [3.63, 3.8) is 0 Å². The Morgan fingerprint density at radius 2 is 1.88 bits per heavy atom. The maximum absolute atomic E-state index is 12.2. The number of hydrogen-bond donors (Lipinski definition) is 0. The molecule has 1 heterocycles.